The summed E-state index contributed by atoms with van der Waals surface area (Å²) in [4.78, 5) is 27.0. The van der Waals surface area contributed by atoms with Gasteiger partial charge in [0.05, 0.1) is 18.8 Å². The highest BCUT2D eigenvalue weighted by molar-refractivity contribution is 7.17. The molecular formula is C26H29NO6S. The minimum atomic E-state index is -0.417. The average molecular weight is 484 g/mol. The number of aryl methyl sites for hydroxylation is 1. The number of para-hydroxylation sites is 2. The second-order valence-electron chi connectivity index (χ2n) is 8.20. The molecule has 1 atom stereocenters. The van der Waals surface area contributed by atoms with E-state index in [9.17, 15) is 9.59 Å². The summed E-state index contributed by atoms with van der Waals surface area (Å²) >= 11 is 1.45. The summed E-state index contributed by atoms with van der Waals surface area (Å²) < 4.78 is 22.4. The van der Waals surface area contributed by atoms with Crippen molar-refractivity contribution < 1.29 is 28.2 Å². The number of fused-ring (bicyclic) bond motifs is 1. The van der Waals surface area contributed by atoms with Crippen molar-refractivity contribution in [2.45, 2.75) is 58.7 Å². The summed E-state index contributed by atoms with van der Waals surface area (Å²) in [6.07, 6.45) is 4.36. The second-order valence-corrected chi connectivity index (χ2v) is 9.30. The highest BCUT2D eigenvalue weighted by Crippen LogP contribution is 2.39. The number of hydrogen-bond donors (Lipinski definition) is 1. The fraction of sp³-hybridized carbons (Fsp3) is 0.385. The Kier molecular flexibility index (Phi) is 7.57. The first kappa shape index (κ1) is 23.9. The van der Waals surface area contributed by atoms with E-state index in [0.29, 0.717) is 27.8 Å². The molecule has 0 saturated carbocycles. The zero-order valence-corrected chi connectivity index (χ0v) is 20.5. The molecule has 1 amide bonds. The van der Waals surface area contributed by atoms with Crippen LogP contribution in [0.3, 0.4) is 0 Å². The van der Waals surface area contributed by atoms with Gasteiger partial charge < -0.3 is 23.9 Å². The Morgan fingerprint density at radius 1 is 1.12 bits per heavy atom. The van der Waals surface area contributed by atoms with Crippen LogP contribution in [0.2, 0.25) is 0 Å². The third-order valence-corrected chi connectivity index (χ3v) is 7.02. The Bertz CT molecular complexity index is 1160. The third kappa shape index (κ3) is 5.28. The SMILES string of the molecule is CCC(C)OC(=O)c1c(NC(=O)c2ccc(COc3ccccc3OC)o2)sc2c1CCCC2. The van der Waals surface area contributed by atoms with Crippen molar-refractivity contribution in [3.05, 3.63) is 63.9 Å². The van der Waals surface area contributed by atoms with Crippen LogP contribution in [0.5, 0.6) is 11.5 Å². The van der Waals surface area contributed by atoms with Crippen molar-refractivity contribution >= 4 is 28.2 Å². The van der Waals surface area contributed by atoms with E-state index in [1.54, 1.807) is 31.4 Å². The topological polar surface area (TPSA) is 87.0 Å². The number of nitrogens with one attached hydrogen (secondary N) is 1. The number of thiophene rings is 1. The number of methoxy groups -OCH3 is 1. The molecule has 0 fully saturated rings. The number of carbonyl (C=O) groups excluding carboxylic acids is 2. The summed E-state index contributed by atoms with van der Waals surface area (Å²) in [6.45, 7) is 3.98. The van der Waals surface area contributed by atoms with Crippen LogP contribution >= 0.6 is 11.3 Å². The molecule has 34 heavy (non-hydrogen) atoms. The minimum absolute atomic E-state index is 0.145. The smallest absolute Gasteiger partial charge is 0.341 e. The van der Waals surface area contributed by atoms with Crippen LogP contribution in [-0.4, -0.2) is 25.1 Å². The predicted octanol–water partition coefficient (Wildman–Crippen LogP) is 6.02. The molecule has 0 radical (unpaired) electrons. The van der Waals surface area contributed by atoms with Crippen LogP contribution in [-0.2, 0) is 24.2 Å². The van der Waals surface area contributed by atoms with Crippen LogP contribution in [0.1, 0.15) is 70.2 Å². The lowest BCUT2D eigenvalue weighted by molar-refractivity contribution is 0.0335. The standard InChI is InChI=1S/C26H29NO6S/c1-4-16(2)32-26(29)23-18-9-5-8-12-22(18)34-25(23)27-24(28)21-14-13-17(33-21)15-31-20-11-7-6-10-19(20)30-3/h6-7,10-11,13-14,16H,4-5,8-9,12,15H2,1-3H3,(H,27,28). The number of ether oxygens (including phenoxy) is 3. The molecule has 0 saturated heterocycles. The predicted molar refractivity (Wildman–Crippen MR) is 130 cm³/mol. The molecule has 4 rings (SSSR count). The molecule has 3 aromatic rings. The van der Waals surface area contributed by atoms with Gasteiger partial charge in [-0.05, 0) is 68.9 Å². The normalized spacial score (nSPS) is 13.6. The molecule has 1 aliphatic carbocycles. The maximum atomic E-state index is 13.0. The van der Waals surface area contributed by atoms with Crippen LogP contribution in [0.25, 0.3) is 0 Å². The first-order valence-electron chi connectivity index (χ1n) is 11.5. The van der Waals surface area contributed by atoms with E-state index >= 15 is 0 Å². The van der Waals surface area contributed by atoms with Gasteiger partial charge in [-0.2, -0.15) is 0 Å². The highest BCUT2D eigenvalue weighted by Gasteiger charge is 2.28. The summed E-state index contributed by atoms with van der Waals surface area (Å²) in [5.74, 6) is 1.05. The Morgan fingerprint density at radius 2 is 1.88 bits per heavy atom. The first-order chi connectivity index (χ1) is 16.5. The molecule has 2 heterocycles. The maximum absolute atomic E-state index is 13.0. The number of anilines is 1. The lowest BCUT2D eigenvalue weighted by atomic mass is 9.95. The fourth-order valence-electron chi connectivity index (χ4n) is 3.82. The molecular weight excluding hydrogens is 454 g/mol. The van der Waals surface area contributed by atoms with Crippen molar-refractivity contribution in [2.24, 2.45) is 0 Å². The van der Waals surface area contributed by atoms with E-state index in [4.69, 9.17) is 18.6 Å². The number of esters is 1. The zero-order valence-electron chi connectivity index (χ0n) is 19.6. The number of furan rings is 1. The number of rotatable bonds is 9. The molecule has 2 aromatic heterocycles. The molecule has 8 heteroatoms. The lowest BCUT2D eigenvalue weighted by Crippen LogP contribution is -2.18. The fourth-order valence-corrected chi connectivity index (χ4v) is 5.10. The minimum Gasteiger partial charge on any atom is -0.493 e. The Hall–Kier alpha value is -3.26. The van der Waals surface area contributed by atoms with Gasteiger partial charge >= 0.3 is 5.97 Å². The largest absolute Gasteiger partial charge is 0.493 e. The number of carbonyl (C=O) groups is 2. The van der Waals surface area contributed by atoms with Crippen LogP contribution < -0.4 is 14.8 Å². The van der Waals surface area contributed by atoms with E-state index < -0.39 is 5.91 Å². The molecule has 1 aliphatic rings. The van der Waals surface area contributed by atoms with E-state index in [0.717, 1.165) is 42.5 Å². The Morgan fingerprint density at radius 3 is 2.65 bits per heavy atom. The van der Waals surface area contributed by atoms with Crippen molar-refractivity contribution in [2.75, 3.05) is 12.4 Å². The van der Waals surface area contributed by atoms with Gasteiger partial charge in [-0.3, -0.25) is 4.79 Å². The van der Waals surface area contributed by atoms with Crippen molar-refractivity contribution in [1.82, 2.24) is 0 Å². The summed E-state index contributed by atoms with van der Waals surface area (Å²) in [5.41, 5.74) is 1.49. The van der Waals surface area contributed by atoms with E-state index in [1.165, 1.54) is 11.3 Å². The van der Waals surface area contributed by atoms with Gasteiger partial charge in [-0.15, -0.1) is 11.3 Å². The van der Waals surface area contributed by atoms with E-state index in [1.807, 2.05) is 26.0 Å². The monoisotopic (exact) mass is 483 g/mol. The molecule has 0 bridgehead atoms. The summed E-state index contributed by atoms with van der Waals surface area (Å²) in [6, 6.07) is 10.6. The van der Waals surface area contributed by atoms with Gasteiger partial charge in [-0.1, -0.05) is 19.1 Å². The van der Waals surface area contributed by atoms with Gasteiger partial charge in [0.15, 0.2) is 17.3 Å². The molecule has 1 unspecified atom stereocenters. The first-order valence-corrected chi connectivity index (χ1v) is 12.3. The van der Waals surface area contributed by atoms with E-state index in [2.05, 4.69) is 5.32 Å². The molecule has 1 aromatic carbocycles. The highest BCUT2D eigenvalue weighted by atomic mass is 32.1. The molecule has 7 nitrogen and oxygen atoms in total. The number of benzene rings is 1. The third-order valence-electron chi connectivity index (χ3n) is 5.81. The van der Waals surface area contributed by atoms with Gasteiger partial charge in [0.1, 0.15) is 17.4 Å². The maximum Gasteiger partial charge on any atom is 0.341 e. The van der Waals surface area contributed by atoms with E-state index in [-0.39, 0.29) is 24.4 Å². The van der Waals surface area contributed by atoms with Gasteiger partial charge in [0, 0.05) is 4.88 Å². The average Bonchev–Trinajstić information content (AvgIpc) is 3.47. The van der Waals surface area contributed by atoms with Crippen molar-refractivity contribution in [1.29, 1.82) is 0 Å². The number of hydrogen-bond acceptors (Lipinski definition) is 7. The zero-order chi connectivity index (χ0) is 24.1. The molecule has 0 aliphatic heterocycles. The number of amides is 1. The molecule has 0 spiro atoms. The molecule has 1 N–H and O–H groups in total. The van der Waals surface area contributed by atoms with Gasteiger partial charge in [0.2, 0.25) is 0 Å². The second kappa shape index (κ2) is 10.8. The van der Waals surface area contributed by atoms with Crippen LogP contribution in [0, 0.1) is 0 Å². The molecule has 180 valence electrons. The van der Waals surface area contributed by atoms with Gasteiger partial charge in [-0.25, -0.2) is 4.79 Å². The summed E-state index contributed by atoms with van der Waals surface area (Å²) in [7, 11) is 1.58. The lowest BCUT2D eigenvalue weighted by Gasteiger charge is -2.15. The summed E-state index contributed by atoms with van der Waals surface area (Å²) in [5, 5.41) is 3.41. The van der Waals surface area contributed by atoms with Crippen LogP contribution in [0.4, 0.5) is 5.00 Å². The van der Waals surface area contributed by atoms with Gasteiger partial charge in [0.25, 0.3) is 5.91 Å². The van der Waals surface area contributed by atoms with Crippen molar-refractivity contribution in [3.63, 3.8) is 0 Å². The Labute approximate surface area is 203 Å². The van der Waals surface area contributed by atoms with Crippen molar-refractivity contribution in [3.8, 4) is 11.5 Å². The van der Waals surface area contributed by atoms with Crippen LogP contribution in [0.15, 0.2) is 40.8 Å². The Balaban J connectivity index is 1.48. The quantitative estimate of drug-likeness (QED) is 0.375.